The molecule has 0 bridgehead atoms. The van der Waals surface area contributed by atoms with Crippen LogP contribution in [0.2, 0.25) is 0 Å². The van der Waals surface area contributed by atoms with Crippen LogP contribution in [0.3, 0.4) is 0 Å². The molecule has 0 aliphatic carbocycles. The summed E-state index contributed by atoms with van der Waals surface area (Å²) in [6.45, 7) is 8.50. The summed E-state index contributed by atoms with van der Waals surface area (Å²) in [4.78, 5) is 0. The third kappa shape index (κ3) is 3.02. The average molecular weight is 242 g/mol. The summed E-state index contributed by atoms with van der Waals surface area (Å²) in [6.07, 6.45) is 4.34. The van der Waals surface area contributed by atoms with E-state index in [1.54, 1.807) is 0 Å². The zero-order chi connectivity index (χ0) is 13.0. The van der Waals surface area contributed by atoms with Gasteiger partial charge in [-0.05, 0) is 43.5 Å². The second-order valence-electron chi connectivity index (χ2n) is 4.81. The van der Waals surface area contributed by atoms with Crippen LogP contribution >= 0.6 is 0 Å². The highest BCUT2D eigenvalue weighted by Crippen LogP contribution is 2.17. The third-order valence-corrected chi connectivity index (χ3v) is 3.44. The first kappa shape index (κ1) is 12.9. The summed E-state index contributed by atoms with van der Waals surface area (Å²) in [5.41, 5.74) is 4.08. The van der Waals surface area contributed by atoms with Gasteiger partial charge in [-0.15, -0.1) is 0 Å². The van der Waals surface area contributed by atoms with Gasteiger partial charge in [0.05, 0.1) is 0 Å². The molecule has 1 heterocycles. The fourth-order valence-electron chi connectivity index (χ4n) is 2.25. The van der Waals surface area contributed by atoms with Gasteiger partial charge in [0.25, 0.3) is 0 Å². The monoisotopic (exact) mass is 242 g/mol. The van der Waals surface area contributed by atoms with E-state index in [0.29, 0.717) is 6.04 Å². The van der Waals surface area contributed by atoms with Crippen molar-refractivity contribution >= 4 is 0 Å². The molecule has 1 N–H and O–H groups in total. The van der Waals surface area contributed by atoms with E-state index in [-0.39, 0.29) is 0 Å². The number of hydrogen-bond donors (Lipinski definition) is 1. The van der Waals surface area contributed by atoms with Crippen LogP contribution in [-0.2, 0) is 13.1 Å². The van der Waals surface area contributed by atoms with Crippen molar-refractivity contribution in [3.8, 4) is 0 Å². The van der Waals surface area contributed by atoms with Gasteiger partial charge in [-0.2, -0.15) is 0 Å². The van der Waals surface area contributed by atoms with Crippen LogP contribution in [0.25, 0.3) is 0 Å². The molecule has 1 atom stereocenters. The number of aromatic nitrogens is 1. The first-order valence-corrected chi connectivity index (χ1v) is 6.64. The largest absolute Gasteiger partial charge is 0.354 e. The molecule has 0 amide bonds. The predicted molar refractivity (Wildman–Crippen MR) is 76.5 cm³/mol. The highest BCUT2D eigenvalue weighted by Gasteiger charge is 2.07. The van der Waals surface area contributed by atoms with Gasteiger partial charge in [-0.3, -0.25) is 0 Å². The normalized spacial score (nSPS) is 12.6. The topological polar surface area (TPSA) is 17.0 Å². The molecule has 0 saturated carbocycles. The van der Waals surface area contributed by atoms with Gasteiger partial charge >= 0.3 is 0 Å². The second-order valence-corrected chi connectivity index (χ2v) is 4.81. The van der Waals surface area contributed by atoms with Crippen LogP contribution in [0.5, 0.6) is 0 Å². The van der Waals surface area contributed by atoms with Crippen LogP contribution in [0.4, 0.5) is 0 Å². The molecule has 0 saturated heterocycles. The molecule has 2 rings (SSSR count). The van der Waals surface area contributed by atoms with Crippen LogP contribution in [0.1, 0.15) is 36.6 Å². The molecule has 0 spiro atoms. The van der Waals surface area contributed by atoms with Gasteiger partial charge in [-0.25, -0.2) is 0 Å². The summed E-state index contributed by atoms with van der Waals surface area (Å²) in [7, 11) is 0. The SMILES string of the molecule is CCn1ccc(CNC(C)c2ccccc2C)c1. The minimum absolute atomic E-state index is 0.385. The smallest absolute Gasteiger partial charge is 0.0297 e. The van der Waals surface area contributed by atoms with Gasteiger partial charge in [0.1, 0.15) is 0 Å². The summed E-state index contributed by atoms with van der Waals surface area (Å²) in [6, 6.07) is 11.1. The lowest BCUT2D eigenvalue weighted by atomic mass is 10.0. The van der Waals surface area contributed by atoms with Crippen molar-refractivity contribution < 1.29 is 0 Å². The molecule has 0 fully saturated rings. The molecular formula is C16H22N2. The lowest BCUT2D eigenvalue weighted by Gasteiger charge is -2.16. The Hall–Kier alpha value is -1.54. The van der Waals surface area contributed by atoms with Gasteiger partial charge in [-0.1, -0.05) is 24.3 Å². The fraction of sp³-hybridized carbons (Fsp3) is 0.375. The van der Waals surface area contributed by atoms with Crippen LogP contribution in [-0.4, -0.2) is 4.57 Å². The Kier molecular flexibility index (Phi) is 4.21. The second kappa shape index (κ2) is 5.87. The number of hydrogen-bond acceptors (Lipinski definition) is 1. The number of nitrogens with zero attached hydrogens (tertiary/aromatic N) is 1. The first-order valence-electron chi connectivity index (χ1n) is 6.64. The van der Waals surface area contributed by atoms with Crippen molar-refractivity contribution in [1.82, 2.24) is 9.88 Å². The molecule has 1 aromatic heterocycles. The van der Waals surface area contributed by atoms with Gasteiger partial charge < -0.3 is 9.88 Å². The van der Waals surface area contributed by atoms with E-state index in [4.69, 9.17) is 0 Å². The predicted octanol–water partition coefficient (Wildman–Crippen LogP) is 3.67. The van der Waals surface area contributed by atoms with Crippen molar-refractivity contribution in [3.63, 3.8) is 0 Å². The van der Waals surface area contributed by atoms with E-state index in [2.05, 4.69) is 73.4 Å². The fourth-order valence-corrected chi connectivity index (χ4v) is 2.25. The van der Waals surface area contributed by atoms with Crippen LogP contribution in [0, 0.1) is 6.92 Å². The van der Waals surface area contributed by atoms with Gasteiger partial charge in [0.2, 0.25) is 0 Å². The van der Waals surface area contributed by atoms with E-state index in [1.807, 2.05) is 0 Å². The maximum absolute atomic E-state index is 3.58. The summed E-state index contributed by atoms with van der Waals surface area (Å²) in [5, 5.41) is 3.58. The number of benzene rings is 1. The minimum atomic E-state index is 0.385. The lowest BCUT2D eigenvalue weighted by molar-refractivity contribution is 0.571. The Labute approximate surface area is 110 Å². The molecule has 1 unspecified atom stereocenters. The van der Waals surface area contributed by atoms with Crippen molar-refractivity contribution in [1.29, 1.82) is 0 Å². The minimum Gasteiger partial charge on any atom is -0.354 e. The average Bonchev–Trinajstić information content (AvgIpc) is 2.84. The highest BCUT2D eigenvalue weighted by molar-refractivity contribution is 5.28. The Balaban J connectivity index is 1.96. The Morgan fingerprint density at radius 1 is 1.22 bits per heavy atom. The molecule has 0 aliphatic heterocycles. The van der Waals surface area contributed by atoms with Crippen molar-refractivity contribution in [2.24, 2.45) is 0 Å². The van der Waals surface area contributed by atoms with Crippen molar-refractivity contribution in [2.45, 2.75) is 39.9 Å². The van der Waals surface area contributed by atoms with E-state index in [9.17, 15) is 0 Å². The molecular weight excluding hydrogens is 220 g/mol. The van der Waals surface area contributed by atoms with Gasteiger partial charge in [0, 0.05) is 31.5 Å². The maximum Gasteiger partial charge on any atom is 0.0297 e. The lowest BCUT2D eigenvalue weighted by Crippen LogP contribution is -2.18. The number of aryl methyl sites for hydroxylation is 2. The van der Waals surface area contributed by atoms with Gasteiger partial charge in [0.15, 0.2) is 0 Å². The Morgan fingerprint density at radius 3 is 2.67 bits per heavy atom. The Morgan fingerprint density at radius 2 is 2.00 bits per heavy atom. The maximum atomic E-state index is 3.58. The molecule has 0 aliphatic rings. The van der Waals surface area contributed by atoms with Crippen molar-refractivity contribution in [2.75, 3.05) is 0 Å². The Bertz CT molecular complexity index is 499. The third-order valence-electron chi connectivity index (χ3n) is 3.44. The highest BCUT2D eigenvalue weighted by atomic mass is 14.9. The first-order chi connectivity index (χ1) is 8.70. The summed E-state index contributed by atoms with van der Waals surface area (Å²) in [5.74, 6) is 0. The molecule has 2 aromatic rings. The van der Waals surface area contributed by atoms with E-state index in [1.165, 1.54) is 16.7 Å². The molecule has 96 valence electrons. The summed E-state index contributed by atoms with van der Waals surface area (Å²) < 4.78 is 2.20. The van der Waals surface area contributed by atoms with E-state index in [0.717, 1.165) is 13.1 Å². The van der Waals surface area contributed by atoms with E-state index >= 15 is 0 Å². The zero-order valence-corrected chi connectivity index (χ0v) is 11.5. The number of rotatable bonds is 5. The van der Waals surface area contributed by atoms with Crippen LogP contribution < -0.4 is 5.32 Å². The van der Waals surface area contributed by atoms with Crippen molar-refractivity contribution in [3.05, 3.63) is 59.4 Å². The van der Waals surface area contributed by atoms with E-state index < -0.39 is 0 Å². The zero-order valence-electron chi connectivity index (χ0n) is 11.5. The standard InChI is InChI=1S/C16H22N2/c1-4-18-10-9-15(12-18)11-17-14(3)16-8-6-5-7-13(16)2/h5-10,12,14,17H,4,11H2,1-3H3. The molecule has 0 radical (unpaired) electrons. The summed E-state index contributed by atoms with van der Waals surface area (Å²) >= 11 is 0. The molecule has 1 aromatic carbocycles. The number of nitrogens with one attached hydrogen (secondary N) is 1. The molecule has 2 nitrogen and oxygen atoms in total. The molecule has 2 heteroatoms. The molecule has 18 heavy (non-hydrogen) atoms. The quantitative estimate of drug-likeness (QED) is 0.846. The van der Waals surface area contributed by atoms with Crippen LogP contribution in [0.15, 0.2) is 42.7 Å².